The third-order valence-corrected chi connectivity index (χ3v) is 4.82. The molecule has 0 unspecified atom stereocenters. The summed E-state index contributed by atoms with van der Waals surface area (Å²) in [5, 5.41) is 8.69. The highest BCUT2D eigenvalue weighted by atomic mass is 35.5. The Bertz CT molecular complexity index is 963. The van der Waals surface area contributed by atoms with Crippen LogP contribution in [-0.4, -0.2) is 38.7 Å². The van der Waals surface area contributed by atoms with E-state index >= 15 is 0 Å². The van der Waals surface area contributed by atoms with Gasteiger partial charge in [-0.3, -0.25) is 4.79 Å². The normalized spacial score (nSPS) is 14.2. The van der Waals surface area contributed by atoms with Gasteiger partial charge < -0.3 is 10.2 Å². The topological polar surface area (TPSA) is 75.9 Å². The number of amides is 1. The fourth-order valence-electron chi connectivity index (χ4n) is 3.23. The highest BCUT2D eigenvalue weighted by molar-refractivity contribution is 6.31. The molecule has 0 atom stereocenters. The Morgan fingerprint density at radius 1 is 1.27 bits per heavy atom. The van der Waals surface area contributed by atoms with E-state index in [2.05, 4.69) is 25.3 Å². The van der Waals surface area contributed by atoms with Crippen LogP contribution in [-0.2, 0) is 11.3 Å². The second kappa shape index (κ2) is 6.92. The number of rotatable bonds is 4. The molecule has 0 saturated carbocycles. The summed E-state index contributed by atoms with van der Waals surface area (Å²) in [4.78, 5) is 23.4. The lowest BCUT2D eigenvalue weighted by Crippen LogP contribution is -2.21. The van der Waals surface area contributed by atoms with Crippen molar-refractivity contribution in [2.45, 2.75) is 26.3 Å². The lowest BCUT2D eigenvalue weighted by molar-refractivity contribution is -0.116. The Balaban J connectivity index is 1.56. The minimum absolute atomic E-state index is 0.0753. The summed E-state index contributed by atoms with van der Waals surface area (Å²) >= 11 is 6.01. The second-order valence-electron chi connectivity index (χ2n) is 6.44. The number of carbonyl (C=O) groups is 1. The summed E-state index contributed by atoms with van der Waals surface area (Å²) in [6.07, 6.45) is 5.61. The first-order valence-corrected chi connectivity index (χ1v) is 8.97. The number of halogens is 1. The number of anilines is 2. The van der Waals surface area contributed by atoms with E-state index in [1.807, 2.05) is 13.0 Å². The minimum Gasteiger partial charge on any atom is -0.356 e. The molecular formula is C18H19ClN6O. The fraction of sp³-hybridized carbons (Fsp3) is 0.333. The molecule has 7 nitrogen and oxygen atoms in total. The number of nitrogens with zero attached hydrogens (tertiary/aromatic N) is 5. The molecule has 1 amide bonds. The van der Waals surface area contributed by atoms with Gasteiger partial charge in [0.15, 0.2) is 5.65 Å². The first-order chi connectivity index (χ1) is 12.6. The summed E-state index contributed by atoms with van der Waals surface area (Å²) in [5.41, 5.74) is 2.32. The number of aryl methyl sites for hydroxylation is 1. The number of fused-ring (bicyclic) bond motifs is 1. The van der Waals surface area contributed by atoms with Crippen molar-refractivity contribution in [1.29, 1.82) is 0 Å². The van der Waals surface area contributed by atoms with Crippen LogP contribution in [0.4, 0.5) is 11.5 Å². The molecule has 4 rings (SSSR count). The van der Waals surface area contributed by atoms with Crippen LogP contribution in [0.5, 0.6) is 0 Å². The maximum absolute atomic E-state index is 12.5. The molecule has 1 aromatic carbocycles. The lowest BCUT2D eigenvalue weighted by Gasteiger charge is -2.16. The molecular weight excluding hydrogens is 352 g/mol. The summed E-state index contributed by atoms with van der Waals surface area (Å²) in [6, 6.07) is 5.41. The summed E-state index contributed by atoms with van der Waals surface area (Å²) in [6.45, 7) is 3.98. The molecule has 0 radical (unpaired) electrons. The number of hydrogen-bond acceptors (Lipinski definition) is 5. The molecule has 3 aromatic rings. The second-order valence-corrected chi connectivity index (χ2v) is 6.87. The highest BCUT2D eigenvalue weighted by Gasteiger charge is 2.19. The van der Waals surface area contributed by atoms with Gasteiger partial charge in [-0.25, -0.2) is 14.6 Å². The van der Waals surface area contributed by atoms with Gasteiger partial charge in [-0.05, 0) is 37.5 Å². The molecule has 134 valence electrons. The van der Waals surface area contributed by atoms with Crippen molar-refractivity contribution in [3.63, 3.8) is 0 Å². The van der Waals surface area contributed by atoms with Crippen LogP contribution >= 0.6 is 11.6 Å². The van der Waals surface area contributed by atoms with Crippen molar-refractivity contribution in [2.75, 3.05) is 23.3 Å². The zero-order chi connectivity index (χ0) is 18.1. The zero-order valence-electron chi connectivity index (χ0n) is 14.4. The number of nitrogens with one attached hydrogen (secondary N) is 1. The Hall–Kier alpha value is -2.67. The van der Waals surface area contributed by atoms with E-state index in [-0.39, 0.29) is 12.5 Å². The van der Waals surface area contributed by atoms with E-state index in [0.717, 1.165) is 29.9 Å². The van der Waals surface area contributed by atoms with Crippen molar-refractivity contribution in [3.8, 4) is 0 Å². The number of carbonyl (C=O) groups excluding carboxylic acids is 1. The molecule has 0 spiro atoms. The van der Waals surface area contributed by atoms with Gasteiger partial charge >= 0.3 is 0 Å². The lowest BCUT2D eigenvalue weighted by atomic mass is 10.2. The van der Waals surface area contributed by atoms with E-state index < -0.39 is 0 Å². The Morgan fingerprint density at radius 2 is 2.08 bits per heavy atom. The number of hydrogen-bond donors (Lipinski definition) is 1. The van der Waals surface area contributed by atoms with Crippen molar-refractivity contribution < 1.29 is 4.79 Å². The van der Waals surface area contributed by atoms with Crippen LogP contribution in [0, 0.1) is 6.92 Å². The molecule has 1 fully saturated rings. The van der Waals surface area contributed by atoms with Crippen molar-refractivity contribution in [1.82, 2.24) is 19.7 Å². The number of benzene rings is 1. The average molecular weight is 371 g/mol. The van der Waals surface area contributed by atoms with Gasteiger partial charge in [-0.2, -0.15) is 5.10 Å². The van der Waals surface area contributed by atoms with E-state index in [1.54, 1.807) is 23.0 Å². The van der Waals surface area contributed by atoms with Crippen LogP contribution in [0.1, 0.15) is 18.4 Å². The third kappa shape index (κ3) is 3.22. The Kier molecular flexibility index (Phi) is 4.46. The monoisotopic (exact) mass is 370 g/mol. The SMILES string of the molecule is Cc1ccc(Cl)cc1NC(=O)Cn1ncc2c(N3CCCC3)ncnc21. The van der Waals surface area contributed by atoms with Crippen LogP contribution in [0.2, 0.25) is 5.02 Å². The van der Waals surface area contributed by atoms with Crippen LogP contribution < -0.4 is 10.2 Å². The predicted molar refractivity (Wildman–Crippen MR) is 102 cm³/mol. The molecule has 0 aliphatic carbocycles. The van der Waals surface area contributed by atoms with Crippen LogP contribution in [0.15, 0.2) is 30.7 Å². The molecule has 26 heavy (non-hydrogen) atoms. The molecule has 1 aliphatic rings. The van der Waals surface area contributed by atoms with Crippen molar-refractivity contribution in [2.24, 2.45) is 0 Å². The van der Waals surface area contributed by atoms with Gasteiger partial charge in [0, 0.05) is 23.8 Å². The smallest absolute Gasteiger partial charge is 0.246 e. The highest BCUT2D eigenvalue weighted by Crippen LogP contribution is 2.26. The summed E-state index contributed by atoms with van der Waals surface area (Å²) in [5.74, 6) is 0.714. The third-order valence-electron chi connectivity index (χ3n) is 4.59. The molecule has 0 bridgehead atoms. The molecule has 1 saturated heterocycles. The van der Waals surface area contributed by atoms with Gasteiger partial charge in [0.2, 0.25) is 5.91 Å². The van der Waals surface area contributed by atoms with Gasteiger partial charge in [0.05, 0.1) is 11.6 Å². The van der Waals surface area contributed by atoms with Crippen molar-refractivity contribution in [3.05, 3.63) is 41.3 Å². The molecule has 3 heterocycles. The van der Waals surface area contributed by atoms with Gasteiger partial charge in [0.1, 0.15) is 18.7 Å². The largest absolute Gasteiger partial charge is 0.356 e. The van der Waals surface area contributed by atoms with Gasteiger partial charge in [-0.15, -0.1) is 0 Å². The average Bonchev–Trinajstić information content (AvgIpc) is 3.28. The minimum atomic E-state index is -0.179. The maximum Gasteiger partial charge on any atom is 0.246 e. The van der Waals surface area contributed by atoms with Gasteiger partial charge in [0.25, 0.3) is 0 Å². The molecule has 8 heteroatoms. The fourth-order valence-corrected chi connectivity index (χ4v) is 3.40. The number of aromatic nitrogens is 4. The van der Waals surface area contributed by atoms with Crippen LogP contribution in [0.3, 0.4) is 0 Å². The summed E-state index contributed by atoms with van der Waals surface area (Å²) < 4.78 is 1.60. The van der Waals surface area contributed by atoms with Crippen molar-refractivity contribution >= 4 is 40.0 Å². The van der Waals surface area contributed by atoms with E-state index in [9.17, 15) is 4.79 Å². The van der Waals surface area contributed by atoms with E-state index in [4.69, 9.17) is 11.6 Å². The van der Waals surface area contributed by atoms with E-state index in [0.29, 0.717) is 16.4 Å². The molecule has 2 aromatic heterocycles. The molecule has 1 aliphatic heterocycles. The predicted octanol–water partition coefficient (Wildman–Crippen LogP) is 3.03. The molecule has 1 N–H and O–H groups in total. The van der Waals surface area contributed by atoms with Gasteiger partial charge in [-0.1, -0.05) is 17.7 Å². The zero-order valence-corrected chi connectivity index (χ0v) is 15.2. The summed E-state index contributed by atoms with van der Waals surface area (Å²) in [7, 11) is 0. The van der Waals surface area contributed by atoms with Crippen LogP contribution in [0.25, 0.3) is 11.0 Å². The first kappa shape index (κ1) is 16.8. The Morgan fingerprint density at radius 3 is 2.88 bits per heavy atom. The Labute approximate surface area is 156 Å². The maximum atomic E-state index is 12.5. The first-order valence-electron chi connectivity index (χ1n) is 8.59. The van der Waals surface area contributed by atoms with E-state index in [1.165, 1.54) is 19.2 Å². The standard InChI is InChI=1S/C18H19ClN6O/c1-12-4-5-13(19)8-15(12)23-16(26)10-25-18-14(9-22-25)17(20-11-21-18)24-6-2-3-7-24/h4-5,8-9,11H,2-3,6-7,10H2,1H3,(H,23,26). The quantitative estimate of drug-likeness (QED) is 0.764.